The second-order valence-electron chi connectivity index (χ2n) is 7.01. The third-order valence-corrected chi connectivity index (χ3v) is 4.42. The highest BCUT2D eigenvalue weighted by Crippen LogP contribution is 2.30. The standard InChI is InChI=1S/C16H31N3O/c1-12(2)9-18-16(20)13(3)19(10-14-6-7-14)11-15-5-4-8-17-15/h12-15,17H,4-11H2,1-3H3,(H,18,20). The summed E-state index contributed by atoms with van der Waals surface area (Å²) in [5, 5.41) is 6.63. The van der Waals surface area contributed by atoms with E-state index in [1.54, 1.807) is 0 Å². The Morgan fingerprint density at radius 3 is 2.55 bits per heavy atom. The summed E-state index contributed by atoms with van der Waals surface area (Å²) in [5.74, 6) is 1.54. The lowest BCUT2D eigenvalue weighted by Crippen LogP contribution is -2.50. The lowest BCUT2D eigenvalue weighted by Gasteiger charge is -2.31. The highest BCUT2D eigenvalue weighted by Gasteiger charge is 2.31. The van der Waals surface area contributed by atoms with Crippen LogP contribution in [-0.4, -0.2) is 49.1 Å². The molecule has 2 fully saturated rings. The van der Waals surface area contributed by atoms with Crippen LogP contribution in [0.4, 0.5) is 0 Å². The Morgan fingerprint density at radius 1 is 1.25 bits per heavy atom. The highest BCUT2D eigenvalue weighted by molar-refractivity contribution is 5.81. The van der Waals surface area contributed by atoms with Gasteiger partial charge in [0.25, 0.3) is 0 Å². The van der Waals surface area contributed by atoms with Crippen LogP contribution < -0.4 is 10.6 Å². The van der Waals surface area contributed by atoms with Crippen LogP contribution in [-0.2, 0) is 4.79 Å². The normalized spacial score (nSPS) is 24.4. The zero-order valence-electron chi connectivity index (χ0n) is 13.3. The first-order valence-electron chi connectivity index (χ1n) is 8.31. The van der Waals surface area contributed by atoms with Gasteiger partial charge in [-0.15, -0.1) is 0 Å². The molecule has 2 rings (SSSR count). The average molecular weight is 281 g/mol. The molecule has 0 radical (unpaired) electrons. The Balaban J connectivity index is 1.84. The highest BCUT2D eigenvalue weighted by atomic mass is 16.2. The fraction of sp³-hybridized carbons (Fsp3) is 0.938. The van der Waals surface area contributed by atoms with E-state index in [0.717, 1.165) is 32.1 Å². The molecular weight excluding hydrogens is 250 g/mol. The van der Waals surface area contributed by atoms with Crippen LogP contribution in [0.15, 0.2) is 0 Å². The maximum atomic E-state index is 12.3. The molecule has 0 bridgehead atoms. The lowest BCUT2D eigenvalue weighted by molar-refractivity contribution is -0.126. The molecular formula is C16H31N3O. The Bertz CT molecular complexity index is 309. The smallest absolute Gasteiger partial charge is 0.237 e. The SMILES string of the molecule is CC(C)CNC(=O)C(C)N(CC1CC1)CC1CCCN1. The summed E-state index contributed by atoms with van der Waals surface area (Å²) in [7, 11) is 0. The summed E-state index contributed by atoms with van der Waals surface area (Å²) >= 11 is 0. The second-order valence-corrected chi connectivity index (χ2v) is 7.01. The van der Waals surface area contributed by atoms with Gasteiger partial charge >= 0.3 is 0 Å². The van der Waals surface area contributed by atoms with Crippen molar-refractivity contribution in [1.82, 2.24) is 15.5 Å². The first-order valence-corrected chi connectivity index (χ1v) is 8.31. The molecule has 1 saturated heterocycles. The van der Waals surface area contributed by atoms with Crippen LogP contribution in [0.25, 0.3) is 0 Å². The van der Waals surface area contributed by atoms with Crippen molar-refractivity contribution in [3.05, 3.63) is 0 Å². The number of rotatable bonds is 8. The molecule has 0 spiro atoms. The molecule has 4 heteroatoms. The largest absolute Gasteiger partial charge is 0.354 e. The first kappa shape index (κ1) is 15.8. The molecule has 116 valence electrons. The van der Waals surface area contributed by atoms with Crippen molar-refractivity contribution in [2.24, 2.45) is 11.8 Å². The number of amides is 1. The molecule has 2 N–H and O–H groups in total. The second kappa shape index (κ2) is 7.41. The summed E-state index contributed by atoms with van der Waals surface area (Å²) in [6.07, 6.45) is 5.21. The zero-order valence-corrected chi connectivity index (χ0v) is 13.3. The summed E-state index contributed by atoms with van der Waals surface area (Å²) < 4.78 is 0. The van der Waals surface area contributed by atoms with E-state index < -0.39 is 0 Å². The number of carbonyl (C=O) groups excluding carboxylic acids is 1. The molecule has 2 aliphatic rings. The van der Waals surface area contributed by atoms with Gasteiger partial charge in [0, 0.05) is 25.7 Å². The maximum Gasteiger partial charge on any atom is 0.237 e. The quantitative estimate of drug-likeness (QED) is 0.710. The first-order chi connectivity index (χ1) is 9.56. The molecule has 1 heterocycles. The van der Waals surface area contributed by atoms with Gasteiger partial charge in [-0.1, -0.05) is 13.8 Å². The fourth-order valence-corrected chi connectivity index (χ4v) is 2.84. The number of hydrogen-bond donors (Lipinski definition) is 2. The molecule has 1 aliphatic carbocycles. The van der Waals surface area contributed by atoms with Crippen LogP contribution in [0.2, 0.25) is 0 Å². The molecule has 20 heavy (non-hydrogen) atoms. The molecule has 2 unspecified atom stereocenters. The third kappa shape index (κ3) is 5.06. The number of hydrogen-bond acceptors (Lipinski definition) is 3. The monoisotopic (exact) mass is 281 g/mol. The number of carbonyl (C=O) groups is 1. The minimum Gasteiger partial charge on any atom is -0.354 e. The molecule has 1 amide bonds. The van der Waals surface area contributed by atoms with E-state index in [1.807, 2.05) is 0 Å². The van der Waals surface area contributed by atoms with E-state index in [-0.39, 0.29) is 11.9 Å². The molecule has 0 aromatic carbocycles. The minimum atomic E-state index is -0.00301. The number of nitrogens with zero attached hydrogens (tertiary/aromatic N) is 1. The van der Waals surface area contributed by atoms with Gasteiger partial charge in [0.05, 0.1) is 6.04 Å². The van der Waals surface area contributed by atoms with Gasteiger partial charge in [0.2, 0.25) is 5.91 Å². The van der Waals surface area contributed by atoms with Crippen molar-refractivity contribution in [1.29, 1.82) is 0 Å². The van der Waals surface area contributed by atoms with Crippen LogP contribution in [0, 0.1) is 11.8 Å². The van der Waals surface area contributed by atoms with Crippen molar-refractivity contribution in [2.45, 2.75) is 58.5 Å². The van der Waals surface area contributed by atoms with Crippen molar-refractivity contribution in [3.8, 4) is 0 Å². The van der Waals surface area contributed by atoms with Crippen LogP contribution >= 0.6 is 0 Å². The third-order valence-electron chi connectivity index (χ3n) is 4.42. The average Bonchev–Trinajstić information content (AvgIpc) is 3.08. The number of nitrogens with one attached hydrogen (secondary N) is 2. The van der Waals surface area contributed by atoms with Crippen LogP contribution in [0.1, 0.15) is 46.5 Å². The molecule has 1 aliphatic heterocycles. The van der Waals surface area contributed by atoms with Crippen molar-refractivity contribution in [2.75, 3.05) is 26.2 Å². The van der Waals surface area contributed by atoms with E-state index in [0.29, 0.717) is 12.0 Å². The van der Waals surface area contributed by atoms with Crippen LogP contribution in [0.5, 0.6) is 0 Å². The molecule has 4 nitrogen and oxygen atoms in total. The van der Waals surface area contributed by atoms with Gasteiger partial charge in [-0.2, -0.15) is 0 Å². The Hall–Kier alpha value is -0.610. The van der Waals surface area contributed by atoms with Gasteiger partial charge in [-0.05, 0) is 51.0 Å². The molecule has 0 aromatic rings. The predicted octanol–water partition coefficient (Wildman–Crippen LogP) is 1.61. The minimum absolute atomic E-state index is 0.00301. The zero-order chi connectivity index (χ0) is 14.5. The summed E-state index contributed by atoms with van der Waals surface area (Å²) in [6.45, 7) is 10.4. The van der Waals surface area contributed by atoms with Gasteiger partial charge in [0.15, 0.2) is 0 Å². The predicted molar refractivity (Wildman–Crippen MR) is 82.6 cm³/mol. The Morgan fingerprint density at radius 2 is 2.00 bits per heavy atom. The summed E-state index contributed by atoms with van der Waals surface area (Å²) in [6, 6.07) is 0.575. The van der Waals surface area contributed by atoms with Crippen molar-refractivity contribution >= 4 is 5.91 Å². The Labute approximate surface area is 123 Å². The van der Waals surface area contributed by atoms with Gasteiger partial charge in [-0.3, -0.25) is 9.69 Å². The van der Waals surface area contributed by atoms with Gasteiger partial charge in [-0.25, -0.2) is 0 Å². The van der Waals surface area contributed by atoms with E-state index in [4.69, 9.17) is 0 Å². The van der Waals surface area contributed by atoms with Crippen LogP contribution in [0.3, 0.4) is 0 Å². The van der Waals surface area contributed by atoms with Gasteiger partial charge < -0.3 is 10.6 Å². The van der Waals surface area contributed by atoms with Gasteiger partial charge in [0.1, 0.15) is 0 Å². The molecule has 0 aromatic heterocycles. The Kier molecular flexibility index (Phi) is 5.85. The van der Waals surface area contributed by atoms with Crippen molar-refractivity contribution < 1.29 is 4.79 Å². The van der Waals surface area contributed by atoms with E-state index in [2.05, 4.69) is 36.3 Å². The molecule has 1 saturated carbocycles. The lowest BCUT2D eigenvalue weighted by atomic mass is 10.1. The molecule has 2 atom stereocenters. The van der Waals surface area contributed by atoms with E-state index in [9.17, 15) is 4.79 Å². The summed E-state index contributed by atoms with van der Waals surface area (Å²) in [4.78, 5) is 14.7. The topological polar surface area (TPSA) is 44.4 Å². The van der Waals surface area contributed by atoms with E-state index >= 15 is 0 Å². The van der Waals surface area contributed by atoms with Crippen molar-refractivity contribution in [3.63, 3.8) is 0 Å². The fourth-order valence-electron chi connectivity index (χ4n) is 2.84. The maximum absolute atomic E-state index is 12.3. The van der Waals surface area contributed by atoms with E-state index in [1.165, 1.54) is 25.7 Å². The summed E-state index contributed by atoms with van der Waals surface area (Å²) in [5.41, 5.74) is 0.